The lowest BCUT2D eigenvalue weighted by atomic mass is 10.0. The number of nitrogens with two attached hydrogens (primary N) is 1. The van der Waals surface area contributed by atoms with Crippen molar-refractivity contribution in [2.75, 3.05) is 5.73 Å². The minimum absolute atomic E-state index is 0.128. The zero-order chi connectivity index (χ0) is 15.6. The minimum atomic E-state index is -0.412. The Morgan fingerprint density at radius 1 is 1.10 bits per heavy atom. The van der Waals surface area contributed by atoms with Gasteiger partial charge in [-0.15, -0.1) is 0 Å². The quantitative estimate of drug-likeness (QED) is 0.666. The van der Waals surface area contributed by atoms with Gasteiger partial charge in [0.05, 0.1) is 15.6 Å². The number of nitrogen functional groups attached to an aromatic ring is 1. The van der Waals surface area contributed by atoms with E-state index >= 15 is 0 Å². The second-order valence-corrected chi connectivity index (χ2v) is 5.66. The predicted molar refractivity (Wildman–Crippen MR) is 85.9 cm³/mol. The van der Waals surface area contributed by atoms with Gasteiger partial charge in [-0.3, -0.25) is 0 Å². The second-order valence-electron chi connectivity index (χ2n) is 4.85. The number of esters is 1. The Labute approximate surface area is 133 Å². The number of rotatable bonds is 3. The molecule has 2 N–H and O–H groups in total. The molecule has 0 spiro atoms. The normalized spacial score (nSPS) is 10.5. The van der Waals surface area contributed by atoms with Crippen LogP contribution in [-0.2, 0) is 11.3 Å². The van der Waals surface area contributed by atoms with Crippen molar-refractivity contribution in [3.8, 4) is 0 Å². The summed E-state index contributed by atoms with van der Waals surface area (Å²) in [6, 6.07) is 8.61. The smallest absolute Gasteiger partial charge is 0.338 e. The van der Waals surface area contributed by atoms with Gasteiger partial charge in [0.15, 0.2) is 0 Å². The fourth-order valence-corrected chi connectivity index (χ4v) is 2.27. The molecular weight excluding hydrogens is 309 g/mol. The molecule has 0 aromatic heterocycles. The Kier molecular flexibility index (Phi) is 4.76. The van der Waals surface area contributed by atoms with Gasteiger partial charge in [0, 0.05) is 5.69 Å². The summed E-state index contributed by atoms with van der Waals surface area (Å²) >= 11 is 11.8. The number of ether oxygens (including phenoxy) is 1. The molecule has 0 amide bonds. The van der Waals surface area contributed by atoms with E-state index in [-0.39, 0.29) is 6.61 Å². The zero-order valence-electron chi connectivity index (χ0n) is 11.7. The van der Waals surface area contributed by atoms with E-state index in [1.54, 1.807) is 24.3 Å². The Bertz CT molecular complexity index is 699. The minimum Gasteiger partial charge on any atom is -0.457 e. The predicted octanol–water partition coefficient (Wildman–Crippen LogP) is 4.55. The van der Waals surface area contributed by atoms with E-state index in [4.69, 9.17) is 33.7 Å². The van der Waals surface area contributed by atoms with Crippen LogP contribution < -0.4 is 5.73 Å². The zero-order valence-corrected chi connectivity index (χ0v) is 13.3. The first kappa shape index (κ1) is 15.7. The molecule has 0 aliphatic heterocycles. The number of hydrogen-bond donors (Lipinski definition) is 1. The maximum atomic E-state index is 12.1. The first-order valence-electron chi connectivity index (χ1n) is 6.36. The van der Waals surface area contributed by atoms with Crippen molar-refractivity contribution in [3.63, 3.8) is 0 Å². The summed E-state index contributed by atoms with van der Waals surface area (Å²) < 4.78 is 5.29. The van der Waals surface area contributed by atoms with Gasteiger partial charge < -0.3 is 10.5 Å². The SMILES string of the molecule is Cc1cc(C)c(C(=O)OCc2ccc(Cl)c(Cl)c2)cc1N. The van der Waals surface area contributed by atoms with Gasteiger partial charge in [-0.05, 0) is 48.7 Å². The number of aryl methyl sites for hydroxylation is 2. The molecule has 3 nitrogen and oxygen atoms in total. The molecule has 0 radical (unpaired) electrons. The maximum Gasteiger partial charge on any atom is 0.338 e. The molecule has 21 heavy (non-hydrogen) atoms. The summed E-state index contributed by atoms with van der Waals surface area (Å²) in [5.74, 6) is -0.412. The Balaban J connectivity index is 2.11. The molecule has 0 fully saturated rings. The highest BCUT2D eigenvalue weighted by Gasteiger charge is 2.13. The first-order valence-corrected chi connectivity index (χ1v) is 7.12. The highest BCUT2D eigenvalue weighted by molar-refractivity contribution is 6.42. The fourth-order valence-electron chi connectivity index (χ4n) is 1.94. The molecule has 0 saturated heterocycles. The topological polar surface area (TPSA) is 52.3 Å². The van der Waals surface area contributed by atoms with E-state index in [0.29, 0.717) is 21.3 Å². The molecule has 0 saturated carbocycles. The third kappa shape index (κ3) is 3.69. The summed E-state index contributed by atoms with van der Waals surface area (Å²) in [5.41, 5.74) is 9.42. The van der Waals surface area contributed by atoms with Crippen molar-refractivity contribution in [1.29, 1.82) is 0 Å². The Morgan fingerprint density at radius 3 is 2.48 bits per heavy atom. The molecule has 5 heteroatoms. The van der Waals surface area contributed by atoms with Crippen LogP contribution in [0.4, 0.5) is 5.69 Å². The van der Waals surface area contributed by atoms with Crippen molar-refractivity contribution in [1.82, 2.24) is 0 Å². The lowest BCUT2D eigenvalue weighted by molar-refractivity contribution is 0.0472. The average Bonchev–Trinajstić information content (AvgIpc) is 2.44. The number of anilines is 1. The van der Waals surface area contributed by atoms with Crippen LogP contribution in [-0.4, -0.2) is 5.97 Å². The molecule has 110 valence electrons. The van der Waals surface area contributed by atoms with Crippen LogP contribution in [0.15, 0.2) is 30.3 Å². The summed E-state index contributed by atoms with van der Waals surface area (Å²) in [6.45, 7) is 3.87. The van der Waals surface area contributed by atoms with Crippen molar-refractivity contribution >= 4 is 34.9 Å². The highest BCUT2D eigenvalue weighted by Crippen LogP contribution is 2.23. The average molecular weight is 324 g/mol. The number of hydrogen-bond acceptors (Lipinski definition) is 3. The molecular formula is C16H15Cl2NO2. The molecule has 0 atom stereocenters. The molecule has 0 aliphatic carbocycles. The van der Waals surface area contributed by atoms with Crippen LogP contribution in [0.5, 0.6) is 0 Å². The number of carbonyl (C=O) groups excluding carboxylic acids is 1. The van der Waals surface area contributed by atoms with Crippen LogP contribution in [0.25, 0.3) is 0 Å². The molecule has 2 rings (SSSR count). The van der Waals surface area contributed by atoms with Crippen LogP contribution >= 0.6 is 23.2 Å². The van der Waals surface area contributed by atoms with Crippen LogP contribution in [0.1, 0.15) is 27.0 Å². The Morgan fingerprint density at radius 2 is 1.81 bits per heavy atom. The second kappa shape index (κ2) is 6.37. The van der Waals surface area contributed by atoms with Gasteiger partial charge in [0.2, 0.25) is 0 Å². The summed E-state index contributed by atoms with van der Waals surface area (Å²) in [6.07, 6.45) is 0. The third-order valence-electron chi connectivity index (χ3n) is 3.19. The number of halogens is 2. The number of carbonyl (C=O) groups is 1. The van der Waals surface area contributed by atoms with Crippen LogP contribution in [0.2, 0.25) is 10.0 Å². The van der Waals surface area contributed by atoms with Crippen molar-refractivity contribution in [2.24, 2.45) is 0 Å². The fraction of sp³-hybridized carbons (Fsp3) is 0.188. The van der Waals surface area contributed by atoms with Gasteiger partial charge in [-0.25, -0.2) is 4.79 Å². The van der Waals surface area contributed by atoms with E-state index in [1.165, 1.54) is 0 Å². The van der Waals surface area contributed by atoms with E-state index in [9.17, 15) is 4.79 Å². The monoisotopic (exact) mass is 323 g/mol. The van der Waals surface area contributed by atoms with Crippen molar-refractivity contribution in [2.45, 2.75) is 20.5 Å². The standard InChI is InChI=1S/C16H15Cl2NO2/c1-9-5-10(2)15(19)7-12(9)16(20)21-8-11-3-4-13(17)14(18)6-11/h3-7H,8,19H2,1-2H3. The lowest BCUT2D eigenvalue weighted by Gasteiger charge is -2.10. The Hall–Kier alpha value is -1.71. The lowest BCUT2D eigenvalue weighted by Crippen LogP contribution is -2.08. The van der Waals surface area contributed by atoms with E-state index in [0.717, 1.165) is 16.7 Å². The molecule has 0 unspecified atom stereocenters. The van der Waals surface area contributed by atoms with Gasteiger partial charge in [0.25, 0.3) is 0 Å². The molecule has 0 bridgehead atoms. The van der Waals surface area contributed by atoms with Crippen LogP contribution in [0.3, 0.4) is 0 Å². The molecule has 0 heterocycles. The van der Waals surface area contributed by atoms with Gasteiger partial charge in [-0.1, -0.05) is 35.3 Å². The summed E-state index contributed by atoms with van der Waals surface area (Å²) in [4.78, 5) is 12.1. The number of benzene rings is 2. The van der Waals surface area contributed by atoms with E-state index in [1.807, 2.05) is 19.9 Å². The van der Waals surface area contributed by atoms with Gasteiger partial charge >= 0.3 is 5.97 Å². The van der Waals surface area contributed by atoms with Crippen LogP contribution in [0, 0.1) is 13.8 Å². The largest absolute Gasteiger partial charge is 0.457 e. The van der Waals surface area contributed by atoms with E-state index < -0.39 is 5.97 Å². The molecule has 2 aromatic rings. The van der Waals surface area contributed by atoms with Crippen molar-refractivity contribution in [3.05, 3.63) is 62.6 Å². The van der Waals surface area contributed by atoms with Gasteiger partial charge in [0.1, 0.15) is 6.61 Å². The molecule has 2 aromatic carbocycles. The summed E-state index contributed by atoms with van der Waals surface area (Å²) in [5, 5.41) is 0.898. The first-order chi connectivity index (χ1) is 9.88. The molecule has 0 aliphatic rings. The van der Waals surface area contributed by atoms with Crippen molar-refractivity contribution < 1.29 is 9.53 Å². The third-order valence-corrected chi connectivity index (χ3v) is 3.93. The van der Waals surface area contributed by atoms with Gasteiger partial charge in [-0.2, -0.15) is 0 Å². The summed E-state index contributed by atoms with van der Waals surface area (Å²) in [7, 11) is 0. The van der Waals surface area contributed by atoms with E-state index in [2.05, 4.69) is 0 Å². The highest BCUT2D eigenvalue weighted by atomic mass is 35.5. The maximum absolute atomic E-state index is 12.1.